The summed E-state index contributed by atoms with van der Waals surface area (Å²) in [6, 6.07) is 1.98. The van der Waals surface area contributed by atoms with Crippen molar-refractivity contribution in [2.45, 2.75) is 75.9 Å². The van der Waals surface area contributed by atoms with E-state index in [0.29, 0.717) is 12.1 Å². The Hall–Kier alpha value is -1.24. The highest BCUT2D eigenvalue weighted by molar-refractivity contribution is 7.19. The average molecular weight is 387 g/mol. The molecule has 146 valence electrons. The van der Waals surface area contributed by atoms with Gasteiger partial charge in [0.15, 0.2) is 0 Å². The minimum absolute atomic E-state index is 0.541. The molecule has 0 aromatic carbocycles. The molecule has 6 heteroatoms. The lowest BCUT2D eigenvalue weighted by atomic mass is 9.89. The molecule has 0 unspecified atom stereocenters. The van der Waals surface area contributed by atoms with E-state index in [-0.39, 0.29) is 0 Å². The Morgan fingerprint density at radius 3 is 2.63 bits per heavy atom. The monoisotopic (exact) mass is 386 g/mol. The maximum absolute atomic E-state index is 5.53. The zero-order valence-corrected chi connectivity index (χ0v) is 17.1. The van der Waals surface area contributed by atoms with Crippen molar-refractivity contribution in [1.82, 2.24) is 14.9 Å². The third-order valence-electron chi connectivity index (χ3n) is 6.88. The molecule has 0 amide bonds. The molecule has 3 aliphatic rings. The van der Waals surface area contributed by atoms with E-state index in [9.17, 15) is 0 Å². The lowest BCUT2D eigenvalue weighted by Gasteiger charge is -2.40. The first-order chi connectivity index (χ1) is 13.3. The number of aryl methyl sites for hydroxylation is 2. The van der Waals surface area contributed by atoms with Gasteiger partial charge < -0.3 is 15.0 Å². The van der Waals surface area contributed by atoms with Gasteiger partial charge in [0.1, 0.15) is 17.0 Å². The van der Waals surface area contributed by atoms with Crippen molar-refractivity contribution in [1.29, 1.82) is 0 Å². The van der Waals surface area contributed by atoms with Gasteiger partial charge in [0.2, 0.25) is 0 Å². The van der Waals surface area contributed by atoms with Crippen molar-refractivity contribution in [2.75, 3.05) is 25.6 Å². The third-order valence-corrected chi connectivity index (χ3v) is 8.08. The van der Waals surface area contributed by atoms with Crippen molar-refractivity contribution >= 4 is 27.4 Å². The van der Waals surface area contributed by atoms with Crippen molar-refractivity contribution in [3.05, 3.63) is 16.8 Å². The second-order valence-corrected chi connectivity index (χ2v) is 9.50. The van der Waals surface area contributed by atoms with Gasteiger partial charge in [-0.25, -0.2) is 9.97 Å². The number of hydrogen-bond acceptors (Lipinski definition) is 6. The topological polar surface area (TPSA) is 50.3 Å². The highest BCUT2D eigenvalue weighted by atomic mass is 32.1. The van der Waals surface area contributed by atoms with Gasteiger partial charge in [-0.15, -0.1) is 11.3 Å². The van der Waals surface area contributed by atoms with Crippen LogP contribution < -0.4 is 5.32 Å². The summed E-state index contributed by atoms with van der Waals surface area (Å²) in [6.07, 6.45) is 12.8. The van der Waals surface area contributed by atoms with E-state index in [1.54, 1.807) is 6.33 Å². The molecule has 0 radical (unpaired) electrons. The number of nitrogens with zero attached hydrogens (tertiary/aromatic N) is 3. The first-order valence-corrected chi connectivity index (χ1v) is 11.4. The van der Waals surface area contributed by atoms with Crippen LogP contribution in [0.1, 0.15) is 55.4 Å². The largest absolute Gasteiger partial charge is 0.381 e. The van der Waals surface area contributed by atoms with Crippen molar-refractivity contribution in [2.24, 2.45) is 0 Å². The molecule has 2 aromatic rings. The van der Waals surface area contributed by atoms with Crippen LogP contribution in [0.5, 0.6) is 0 Å². The Morgan fingerprint density at radius 1 is 1.04 bits per heavy atom. The Labute approximate surface area is 165 Å². The Balaban J connectivity index is 1.24. The van der Waals surface area contributed by atoms with Crippen LogP contribution in [-0.2, 0) is 17.6 Å². The predicted molar refractivity (Wildman–Crippen MR) is 111 cm³/mol. The number of thiophene rings is 1. The Bertz CT molecular complexity index is 793. The van der Waals surface area contributed by atoms with Crippen LogP contribution in [0.15, 0.2) is 6.33 Å². The molecule has 1 N–H and O–H groups in total. The number of hydrogen-bond donors (Lipinski definition) is 1. The van der Waals surface area contributed by atoms with E-state index in [1.165, 1.54) is 78.4 Å². The third kappa shape index (κ3) is 3.47. The van der Waals surface area contributed by atoms with Crippen LogP contribution in [0.3, 0.4) is 0 Å². The zero-order chi connectivity index (χ0) is 18.2. The molecule has 2 aromatic heterocycles. The van der Waals surface area contributed by atoms with E-state index >= 15 is 0 Å². The van der Waals surface area contributed by atoms with Crippen molar-refractivity contribution < 1.29 is 4.74 Å². The summed E-state index contributed by atoms with van der Waals surface area (Å²) in [5.41, 5.74) is 1.52. The molecule has 1 saturated carbocycles. The van der Waals surface area contributed by atoms with E-state index in [1.807, 2.05) is 11.3 Å². The highest BCUT2D eigenvalue weighted by Crippen LogP contribution is 2.39. The summed E-state index contributed by atoms with van der Waals surface area (Å²) in [5.74, 6) is 1.08. The first-order valence-electron chi connectivity index (χ1n) is 10.6. The maximum atomic E-state index is 5.53. The lowest BCUT2D eigenvalue weighted by Crippen LogP contribution is -2.45. The number of aromatic nitrogens is 2. The Morgan fingerprint density at radius 2 is 1.81 bits per heavy atom. The second-order valence-electron chi connectivity index (χ2n) is 8.42. The molecule has 0 bridgehead atoms. The number of fused-ring (bicyclic) bond motifs is 3. The molecule has 0 spiro atoms. The summed E-state index contributed by atoms with van der Waals surface area (Å²) in [6.45, 7) is 1.86. The minimum atomic E-state index is 0.541. The SMILES string of the molecule is CN(C1CCOCC1)C1CCC(Nc2ncnc3sc4c(c23)CCC4)CC1. The van der Waals surface area contributed by atoms with Gasteiger partial charge >= 0.3 is 0 Å². The van der Waals surface area contributed by atoms with Crippen LogP contribution in [0.2, 0.25) is 0 Å². The van der Waals surface area contributed by atoms with Crippen LogP contribution in [0.25, 0.3) is 10.2 Å². The summed E-state index contributed by atoms with van der Waals surface area (Å²) < 4.78 is 5.53. The summed E-state index contributed by atoms with van der Waals surface area (Å²) in [4.78, 5) is 14.5. The fourth-order valence-corrected chi connectivity index (χ4v) is 6.48. The number of anilines is 1. The molecular weight excluding hydrogens is 356 g/mol. The van der Waals surface area contributed by atoms with E-state index < -0.39 is 0 Å². The van der Waals surface area contributed by atoms with Gasteiger partial charge in [0, 0.05) is 36.2 Å². The smallest absolute Gasteiger partial charge is 0.138 e. The molecule has 3 heterocycles. The van der Waals surface area contributed by atoms with Gasteiger partial charge in [-0.1, -0.05) is 0 Å². The molecule has 1 saturated heterocycles. The highest BCUT2D eigenvalue weighted by Gasteiger charge is 2.29. The van der Waals surface area contributed by atoms with Crippen molar-refractivity contribution in [3.8, 4) is 0 Å². The maximum Gasteiger partial charge on any atom is 0.138 e. The van der Waals surface area contributed by atoms with Gasteiger partial charge in [-0.2, -0.15) is 0 Å². The molecule has 5 nitrogen and oxygen atoms in total. The number of ether oxygens (including phenoxy) is 1. The standard InChI is InChI=1S/C21H30N4OS/c1-25(16-9-11-26-12-10-16)15-7-5-14(6-8-15)24-20-19-17-3-2-4-18(17)27-21(19)23-13-22-20/h13-16H,2-12H2,1H3,(H,22,23,24). The number of rotatable bonds is 4. The second kappa shape index (κ2) is 7.64. The summed E-state index contributed by atoms with van der Waals surface area (Å²) in [7, 11) is 2.33. The van der Waals surface area contributed by atoms with Gasteiger partial charge in [0.25, 0.3) is 0 Å². The van der Waals surface area contributed by atoms with E-state index in [2.05, 4.69) is 27.2 Å². The van der Waals surface area contributed by atoms with Gasteiger partial charge in [0.05, 0.1) is 5.39 Å². The quantitative estimate of drug-likeness (QED) is 0.860. The van der Waals surface area contributed by atoms with E-state index in [4.69, 9.17) is 4.74 Å². The number of nitrogens with one attached hydrogen (secondary N) is 1. The summed E-state index contributed by atoms with van der Waals surface area (Å²) >= 11 is 1.87. The molecule has 27 heavy (non-hydrogen) atoms. The average Bonchev–Trinajstić information content (AvgIpc) is 3.30. The van der Waals surface area contributed by atoms with Crippen LogP contribution in [0.4, 0.5) is 5.82 Å². The van der Waals surface area contributed by atoms with Gasteiger partial charge in [-0.3, -0.25) is 0 Å². The molecule has 2 aliphatic carbocycles. The Kier molecular flexibility index (Phi) is 5.05. The predicted octanol–water partition coefficient (Wildman–Crippen LogP) is 4.01. The molecular formula is C21H30N4OS. The van der Waals surface area contributed by atoms with Gasteiger partial charge in [-0.05, 0) is 70.4 Å². The van der Waals surface area contributed by atoms with Crippen molar-refractivity contribution in [3.63, 3.8) is 0 Å². The molecule has 5 rings (SSSR count). The molecule has 2 fully saturated rings. The zero-order valence-electron chi connectivity index (χ0n) is 16.2. The molecule has 1 aliphatic heterocycles. The fraction of sp³-hybridized carbons (Fsp3) is 0.714. The van der Waals surface area contributed by atoms with Crippen LogP contribution >= 0.6 is 11.3 Å². The van der Waals surface area contributed by atoms with E-state index in [0.717, 1.165) is 25.1 Å². The lowest BCUT2D eigenvalue weighted by molar-refractivity contribution is 0.0214. The normalized spacial score (nSPS) is 26.6. The van der Waals surface area contributed by atoms with Crippen LogP contribution in [-0.4, -0.2) is 53.3 Å². The molecule has 0 atom stereocenters. The van der Waals surface area contributed by atoms with Crippen LogP contribution in [0, 0.1) is 0 Å². The first kappa shape index (κ1) is 17.8. The minimum Gasteiger partial charge on any atom is -0.381 e. The fourth-order valence-electron chi connectivity index (χ4n) is 5.25. The summed E-state index contributed by atoms with van der Waals surface area (Å²) in [5, 5.41) is 5.11.